The van der Waals surface area contributed by atoms with E-state index in [-0.39, 0.29) is 0 Å². The molecular weight excluding hydrogens is 272 g/mol. The smallest absolute Gasteiger partial charge is 0.276 e. The van der Waals surface area contributed by atoms with Gasteiger partial charge in [0.25, 0.3) is 5.22 Å². The molecule has 0 amide bonds. The van der Waals surface area contributed by atoms with Crippen molar-refractivity contribution < 1.29 is 4.42 Å². The second kappa shape index (κ2) is 6.06. The first-order valence-corrected chi connectivity index (χ1v) is 6.87. The highest BCUT2D eigenvalue weighted by molar-refractivity contribution is 7.98. The summed E-state index contributed by atoms with van der Waals surface area (Å²) in [4.78, 5) is 4.43. The van der Waals surface area contributed by atoms with Crippen LogP contribution in [-0.2, 0) is 5.75 Å². The van der Waals surface area contributed by atoms with Gasteiger partial charge in [-0.3, -0.25) is 0 Å². The van der Waals surface area contributed by atoms with Crippen molar-refractivity contribution in [3.8, 4) is 0 Å². The summed E-state index contributed by atoms with van der Waals surface area (Å²) < 4.78 is 5.28. The van der Waals surface area contributed by atoms with Crippen LogP contribution in [0.1, 0.15) is 18.5 Å². The van der Waals surface area contributed by atoms with Gasteiger partial charge in [-0.2, -0.15) is 0 Å². The van der Waals surface area contributed by atoms with E-state index in [1.807, 2.05) is 19.1 Å². The molecule has 0 atom stereocenters. The van der Waals surface area contributed by atoms with E-state index in [2.05, 4.69) is 20.5 Å². The molecule has 0 saturated heterocycles. The SMILES string of the molecule is CCNc1ccc(Cl)c(CSc2nnc(C)o2)n1. The fourth-order valence-corrected chi connectivity index (χ4v) is 2.34. The summed E-state index contributed by atoms with van der Waals surface area (Å²) in [5, 5.41) is 12.0. The van der Waals surface area contributed by atoms with Gasteiger partial charge in [0.2, 0.25) is 5.89 Å². The lowest BCUT2D eigenvalue weighted by molar-refractivity contribution is 0.429. The highest BCUT2D eigenvalue weighted by atomic mass is 35.5. The number of aryl methyl sites for hydroxylation is 1. The van der Waals surface area contributed by atoms with Crippen LogP contribution >= 0.6 is 23.4 Å². The Balaban J connectivity index is 2.05. The zero-order chi connectivity index (χ0) is 13.0. The third-order valence-corrected chi connectivity index (χ3v) is 3.29. The van der Waals surface area contributed by atoms with Crippen molar-refractivity contribution in [2.24, 2.45) is 0 Å². The van der Waals surface area contributed by atoms with Crippen LogP contribution in [0.2, 0.25) is 5.02 Å². The molecule has 2 rings (SSSR count). The van der Waals surface area contributed by atoms with Gasteiger partial charge in [-0.25, -0.2) is 4.98 Å². The molecule has 2 aromatic heterocycles. The fraction of sp³-hybridized carbons (Fsp3) is 0.364. The third-order valence-electron chi connectivity index (χ3n) is 2.12. The molecule has 96 valence electrons. The molecule has 2 heterocycles. The number of anilines is 1. The van der Waals surface area contributed by atoms with E-state index in [1.54, 1.807) is 6.92 Å². The Bertz CT molecular complexity index is 532. The van der Waals surface area contributed by atoms with Crippen molar-refractivity contribution in [1.82, 2.24) is 15.2 Å². The maximum absolute atomic E-state index is 6.10. The van der Waals surface area contributed by atoms with Crippen LogP contribution in [0.3, 0.4) is 0 Å². The molecule has 0 aliphatic rings. The van der Waals surface area contributed by atoms with Gasteiger partial charge in [-0.15, -0.1) is 10.2 Å². The quantitative estimate of drug-likeness (QED) is 0.851. The van der Waals surface area contributed by atoms with Gasteiger partial charge in [0.1, 0.15) is 5.82 Å². The van der Waals surface area contributed by atoms with Gasteiger partial charge in [0.15, 0.2) is 0 Å². The molecule has 5 nitrogen and oxygen atoms in total. The van der Waals surface area contributed by atoms with Crippen molar-refractivity contribution in [1.29, 1.82) is 0 Å². The maximum atomic E-state index is 6.10. The first kappa shape index (κ1) is 13.2. The number of hydrogen-bond acceptors (Lipinski definition) is 6. The van der Waals surface area contributed by atoms with Crippen molar-refractivity contribution in [2.45, 2.75) is 24.8 Å². The van der Waals surface area contributed by atoms with Crippen LogP contribution in [0.25, 0.3) is 0 Å². The zero-order valence-electron chi connectivity index (χ0n) is 10.1. The first-order valence-electron chi connectivity index (χ1n) is 5.51. The average molecular weight is 285 g/mol. The van der Waals surface area contributed by atoms with Gasteiger partial charge in [-0.1, -0.05) is 23.4 Å². The van der Waals surface area contributed by atoms with E-state index in [1.165, 1.54) is 11.8 Å². The predicted octanol–water partition coefficient (Wildman–Crippen LogP) is 3.15. The molecular formula is C11H13ClN4OS. The summed E-state index contributed by atoms with van der Waals surface area (Å²) in [5.41, 5.74) is 0.802. The highest BCUT2D eigenvalue weighted by Gasteiger charge is 2.08. The Labute approximate surface area is 114 Å². The van der Waals surface area contributed by atoms with Crippen LogP contribution < -0.4 is 5.32 Å². The molecule has 0 aliphatic heterocycles. The second-order valence-corrected chi connectivity index (χ2v) is 4.86. The summed E-state index contributed by atoms with van der Waals surface area (Å²) in [6.45, 7) is 4.60. The lowest BCUT2D eigenvalue weighted by Crippen LogP contribution is -2.01. The first-order chi connectivity index (χ1) is 8.69. The summed E-state index contributed by atoms with van der Waals surface area (Å²) >= 11 is 7.52. The van der Waals surface area contributed by atoms with Gasteiger partial charge in [-0.05, 0) is 19.1 Å². The highest BCUT2D eigenvalue weighted by Crippen LogP contribution is 2.25. The number of hydrogen-bond donors (Lipinski definition) is 1. The standard InChI is InChI=1S/C11H13ClN4OS/c1-3-13-10-5-4-8(12)9(14-10)6-18-11-16-15-7(2)17-11/h4-5H,3,6H2,1-2H3,(H,13,14). The maximum Gasteiger partial charge on any atom is 0.276 e. The van der Waals surface area contributed by atoms with E-state index >= 15 is 0 Å². The molecule has 7 heteroatoms. The van der Waals surface area contributed by atoms with Gasteiger partial charge < -0.3 is 9.73 Å². The van der Waals surface area contributed by atoms with Gasteiger partial charge in [0, 0.05) is 19.2 Å². The van der Waals surface area contributed by atoms with Crippen LogP contribution in [-0.4, -0.2) is 21.7 Å². The fourth-order valence-electron chi connectivity index (χ4n) is 1.33. The van der Waals surface area contributed by atoms with Crippen LogP contribution in [0.4, 0.5) is 5.82 Å². The molecule has 2 aromatic rings. The molecule has 0 unspecified atom stereocenters. The summed E-state index contributed by atoms with van der Waals surface area (Å²) in [6.07, 6.45) is 0. The normalized spacial score (nSPS) is 10.6. The summed E-state index contributed by atoms with van der Waals surface area (Å²) in [7, 11) is 0. The minimum atomic E-state index is 0.527. The number of halogens is 1. The topological polar surface area (TPSA) is 63.8 Å². The lowest BCUT2D eigenvalue weighted by atomic mass is 10.3. The Kier molecular flexibility index (Phi) is 4.43. The van der Waals surface area contributed by atoms with Crippen LogP contribution in [0.15, 0.2) is 21.8 Å². The molecule has 0 spiro atoms. The Morgan fingerprint density at radius 3 is 2.89 bits per heavy atom. The molecule has 0 radical (unpaired) electrons. The summed E-state index contributed by atoms with van der Waals surface area (Å²) in [5.74, 6) is 1.97. The Morgan fingerprint density at radius 1 is 1.39 bits per heavy atom. The van der Waals surface area contributed by atoms with E-state index in [4.69, 9.17) is 16.0 Å². The van der Waals surface area contributed by atoms with Crippen molar-refractivity contribution in [3.63, 3.8) is 0 Å². The third kappa shape index (κ3) is 3.36. The number of nitrogens with zero attached hydrogens (tertiary/aromatic N) is 3. The van der Waals surface area contributed by atoms with Crippen LogP contribution in [0, 0.1) is 6.92 Å². The molecule has 18 heavy (non-hydrogen) atoms. The number of thioether (sulfide) groups is 1. The van der Waals surface area contributed by atoms with E-state index in [0.29, 0.717) is 21.9 Å². The second-order valence-electron chi connectivity index (χ2n) is 3.53. The number of pyridine rings is 1. The Hall–Kier alpha value is -1.27. The molecule has 0 aliphatic carbocycles. The minimum Gasteiger partial charge on any atom is -0.416 e. The molecule has 0 fully saturated rings. The van der Waals surface area contributed by atoms with Crippen molar-refractivity contribution in [2.75, 3.05) is 11.9 Å². The number of nitrogens with one attached hydrogen (secondary N) is 1. The molecule has 0 bridgehead atoms. The predicted molar refractivity (Wildman–Crippen MR) is 72.0 cm³/mol. The van der Waals surface area contributed by atoms with E-state index in [0.717, 1.165) is 18.1 Å². The lowest BCUT2D eigenvalue weighted by Gasteiger charge is -2.06. The average Bonchev–Trinajstić information content (AvgIpc) is 2.76. The van der Waals surface area contributed by atoms with Gasteiger partial charge in [0.05, 0.1) is 10.7 Å². The van der Waals surface area contributed by atoms with Gasteiger partial charge >= 0.3 is 0 Å². The van der Waals surface area contributed by atoms with Crippen molar-refractivity contribution >= 4 is 29.2 Å². The monoisotopic (exact) mass is 284 g/mol. The number of aromatic nitrogens is 3. The zero-order valence-corrected chi connectivity index (χ0v) is 11.7. The largest absolute Gasteiger partial charge is 0.416 e. The van der Waals surface area contributed by atoms with E-state index in [9.17, 15) is 0 Å². The minimum absolute atomic E-state index is 0.527. The summed E-state index contributed by atoms with van der Waals surface area (Å²) in [6, 6.07) is 3.69. The van der Waals surface area contributed by atoms with E-state index < -0.39 is 0 Å². The Morgan fingerprint density at radius 2 is 2.22 bits per heavy atom. The molecule has 0 saturated carbocycles. The molecule has 0 aromatic carbocycles. The molecule has 1 N–H and O–H groups in total. The number of rotatable bonds is 5. The van der Waals surface area contributed by atoms with Crippen LogP contribution in [0.5, 0.6) is 0 Å². The van der Waals surface area contributed by atoms with Crippen molar-refractivity contribution in [3.05, 3.63) is 28.7 Å².